The number of allylic oxidation sites excluding steroid dienone is 2. The highest BCUT2D eigenvalue weighted by molar-refractivity contribution is 5.64. The standard InChI is InChI=1S/C14H17NO3/c1-17-14(16)18-11-7-3-2-4-8-12-9-5-6-10-13(12)15/h3-10H,2,11,15H2,1H3/b7-3+,8-4-. The number of anilines is 1. The SMILES string of the molecule is COC(=O)OC/C=C/C/C=C\c1ccccc1N. The van der Waals surface area contributed by atoms with Crippen LogP contribution in [0.2, 0.25) is 0 Å². The molecule has 1 rings (SSSR count). The zero-order chi connectivity index (χ0) is 13.2. The topological polar surface area (TPSA) is 61.5 Å². The van der Waals surface area contributed by atoms with Crippen LogP contribution in [0, 0.1) is 0 Å². The van der Waals surface area contributed by atoms with E-state index in [0.29, 0.717) is 0 Å². The van der Waals surface area contributed by atoms with Crippen molar-refractivity contribution in [1.82, 2.24) is 0 Å². The van der Waals surface area contributed by atoms with Gasteiger partial charge in [-0.15, -0.1) is 0 Å². The van der Waals surface area contributed by atoms with Gasteiger partial charge in [0.05, 0.1) is 7.11 Å². The second kappa shape index (κ2) is 7.95. The van der Waals surface area contributed by atoms with Gasteiger partial charge in [0.2, 0.25) is 0 Å². The third kappa shape index (κ3) is 5.21. The number of nitrogens with two attached hydrogens (primary N) is 1. The lowest BCUT2D eigenvalue weighted by Crippen LogP contribution is -2.03. The third-order valence-electron chi connectivity index (χ3n) is 2.20. The van der Waals surface area contributed by atoms with Gasteiger partial charge in [-0.3, -0.25) is 0 Å². The van der Waals surface area contributed by atoms with Crippen molar-refractivity contribution >= 4 is 17.9 Å². The normalized spacial score (nSPS) is 10.9. The number of ether oxygens (including phenoxy) is 2. The quantitative estimate of drug-likeness (QED) is 0.493. The van der Waals surface area contributed by atoms with E-state index in [1.807, 2.05) is 42.5 Å². The summed E-state index contributed by atoms with van der Waals surface area (Å²) in [5.41, 5.74) is 7.54. The predicted octanol–water partition coefficient (Wildman–Crippen LogP) is 3.01. The van der Waals surface area contributed by atoms with Gasteiger partial charge >= 0.3 is 6.16 Å². The molecular formula is C14H17NO3. The minimum atomic E-state index is -0.674. The Bertz CT molecular complexity index is 438. The lowest BCUT2D eigenvalue weighted by atomic mass is 10.1. The molecule has 0 unspecified atom stereocenters. The van der Waals surface area contributed by atoms with Gasteiger partial charge < -0.3 is 15.2 Å². The van der Waals surface area contributed by atoms with Crippen LogP contribution in [0.15, 0.2) is 42.5 Å². The van der Waals surface area contributed by atoms with Crippen LogP contribution in [0.4, 0.5) is 10.5 Å². The zero-order valence-electron chi connectivity index (χ0n) is 10.3. The largest absolute Gasteiger partial charge is 0.508 e. The van der Waals surface area contributed by atoms with Crippen molar-refractivity contribution in [3.63, 3.8) is 0 Å². The third-order valence-corrected chi connectivity index (χ3v) is 2.20. The van der Waals surface area contributed by atoms with Gasteiger partial charge in [0.1, 0.15) is 6.61 Å². The molecule has 4 heteroatoms. The van der Waals surface area contributed by atoms with E-state index in [0.717, 1.165) is 17.7 Å². The highest BCUT2D eigenvalue weighted by atomic mass is 16.7. The van der Waals surface area contributed by atoms with E-state index < -0.39 is 6.16 Å². The summed E-state index contributed by atoms with van der Waals surface area (Å²) in [6, 6.07) is 7.66. The molecule has 0 fully saturated rings. The predicted molar refractivity (Wildman–Crippen MR) is 72.0 cm³/mol. The molecule has 0 aliphatic carbocycles. The molecule has 0 heterocycles. The average molecular weight is 247 g/mol. The number of carbonyl (C=O) groups is 1. The zero-order valence-corrected chi connectivity index (χ0v) is 10.3. The fourth-order valence-electron chi connectivity index (χ4n) is 1.28. The monoisotopic (exact) mass is 247 g/mol. The summed E-state index contributed by atoms with van der Waals surface area (Å²) in [6.45, 7) is 0.216. The van der Waals surface area contributed by atoms with Crippen LogP contribution in [0.25, 0.3) is 6.08 Å². The van der Waals surface area contributed by atoms with Gasteiger partial charge in [0, 0.05) is 5.69 Å². The van der Waals surface area contributed by atoms with E-state index in [1.54, 1.807) is 6.08 Å². The van der Waals surface area contributed by atoms with Crippen molar-refractivity contribution < 1.29 is 14.3 Å². The molecule has 18 heavy (non-hydrogen) atoms. The lowest BCUT2D eigenvalue weighted by Gasteiger charge is -1.98. The highest BCUT2D eigenvalue weighted by Gasteiger charge is 1.95. The van der Waals surface area contributed by atoms with E-state index >= 15 is 0 Å². The molecule has 0 aromatic heterocycles. The Morgan fingerprint density at radius 3 is 2.78 bits per heavy atom. The van der Waals surface area contributed by atoms with Gasteiger partial charge in [-0.05, 0) is 18.1 Å². The van der Waals surface area contributed by atoms with Crippen molar-refractivity contribution in [2.24, 2.45) is 0 Å². The molecule has 0 spiro atoms. The number of hydrogen-bond donors (Lipinski definition) is 1. The Kier molecular flexibility index (Phi) is 6.11. The Hall–Kier alpha value is -2.23. The molecule has 96 valence electrons. The molecule has 0 amide bonds. The van der Waals surface area contributed by atoms with E-state index in [1.165, 1.54) is 7.11 Å². The fraction of sp³-hybridized carbons (Fsp3) is 0.214. The number of nitrogen functional groups attached to an aromatic ring is 1. The molecule has 0 saturated carbocycles. The van der Waals surface area contributed by atoms with Crippen LogP contribution in [0.1, 0.15) is 12.0 Å². The average Bonchev–Trinajstić information content (AvgIpc) is 2.39. The van der Waals surface area contributed by atoms with Crippen LogP contribution in [0.3, 0.4) is 0 Å². The first-order valence-corrected chi connectivity index (χ1v) is 5.61. The summed E-state index contributed by atoms with van der Waals surface area (Å²) < 4.78 is 9.01. The minimum absolute atomic E-state index is 0.216. The Morgan fingerprint density at radius 1 is 1.28 bits per heavy atom. The molecule has 0 bridgehead atoms. The number of carbonyl (C=O) groups excluding carboxylic acids is 1. The van der Waals surface area contributed by atoms with Crippen molar-refractivity contribution in [2.75, 3.05) is 19.5 Å². The van der Waals surface area contributed by atoms with Gasteiger partial charge in [-0.1, -0.05) is 42.5 Å². The molecule has 1 aromatic rings. The van der Waals surface area contributed by atoms with Crippen LogP contribution >= 0.6 is 0 Å². The van der Waals surface area contributed by atoms with E-state index in [2.05, 4.69) is 9.47 Å². The Balaban J connectivity index is 2.27. The van der Waals surface area contributed by atoms with Crippen LogP contribution in [-0.4, -0.2) is 19.9 Å². The molecule has 0 atom stereocenters. The maximum Gasteiger partial charge on any atom is 0.508 e. The number of para-hydroxylation sites is 1. The minimum Gasteiger partial charge on any atom is -0.438 e. The molecule has 0 saturated heterocycles. The molecule has 2 N–H and O–H groups in total. The maximum atomic E-state index is 10.6. The first-order valence-electron chi connectivity index (χ1n) is 5.61. The van der Waals surface area contributed by atoms with E-state index in [4.69, 9.17) is 5.73 Å². The van der Waals surface area contributed by atoms with Crippen molar-refractivity contribution in [2.45, 2.75) is 6.42 Å². The lowest BCUT2D eigenvalue weighted by molar-refractivity contribution is 0.0818. The van der Waals surface area contributed by atoms with E-state index in [-0.39, 0.29) is 6.61 Å². The van der Waals surface area contributed by atoms with Gasteiger partial charge in [0.15, 0.2) is 0 Å². The molecule has 0 aliphatic rings. The summed E-state index contributed by atoms with van der Waals surface area (Å²) in [7, 11) is 1.28. The smallest absolute Gasteiger partial charge is 0.438 e. The molecular weight excluding hydrogens is 230 g/mol. The molecule has 4 nitrogen and oxygen atoms in total. The molecule has 0 radical (unpaired) electrons. The van der Waals surface area contributed by atoms with Gasteiger partial charge in [-0.25, -0.2) is 4.79 Å². The molecule has 1 aromatic carbocycles. The van der Waals surface area contributed by atoms with Crippen LogP contribution in [0.5, 0.6) is 0 Å². The number of rotatable bonds is 5. The summed E-state index contributed by atoms with van der Waals surface area (Å²) in [6.07, 6.45) is 7.68. The second-order valence-corrected chi connectivity index (χ2v) is 3.50. The summed E-state index contributed by atoms with van der Waals surface area (Å²) in [5, 5.41) is 0. The molecule has 0 aliphatic heterocycles. The summed E-state index contributed by atoms with van der Waals surface area (Å²) in [5.74, 6) is 0. The van der Waals surface area contributed by atoms with Crippen molar-refractivity contribution in [3.8, 4) is 0 Å². The highest BCUT2D eigenvalue weighted by Crippen LogP contribution is 2.12. The fourth-order valence-corrected chi connectivity index (χ4v) is 1.28. The van der Waals surface area contributed by atoms with Gasteiger partial charge in [0.25, 0.3) is 0 Å². The van der Waals surface area contributed by atoms with Crippen molar-refractivity contribution in [3.05, 3.63) is 48.1 Å². The van der Waals surface area contributed by atoms with Crippen LogP contribution in [-0.2, 0) is 9.47 Å². The number of benzene rings is 1. The Labute approximate surface area is 107 Å². The number of methoxy groups -OCH3 is 1. The first kappa shape index (κ1) is 13.8. The van der Waals surface area contributed by atoms with E-state index in [9.17, 15) is 4.79 Å². The first-order chi connectivity index (χ1) is 8.74. The summed E-state index contributed by atoms with van der Waals surface area (Å²) >= 11 is 0. The maximum absolute atomic E-state index is 10.6. The van der Waals surface area contributed by atoms with Gasteiger partial charge in [-0.2, -0.15) is 0 Å². The summed E-state index contributed by atoms with van der Waals surface area (Å²) in [4.78, 5) is 10.6. The van der Waals surface area contributed by atoms with Crippen molar-refractivity contribution in [1.29, 1.82) is 0 Å². The van der Waals surface area contributed by atoms with Crippen LogP contribution < -0.4 is 5.73 Å². The second-order valence-electron chi connectivity index (χ2n) is 3.50. The number of hydrogen-bond acceptors (Lipinski definition) is 4. The Morgan fingerprint density at radius 2 is 2.06 bits per heavy atom.